The number of Topliss-reactive ketones (excluding diaryl/α,β-unsaturated/α-hetero) is 1. The van der Waals surface area contributed by atoms with Crippen LogP contribution in [0.25, 0.3) is 5.76 Å². The lowest BCUT2D eigenvalue weighted by Gasteiger charge is -2.24. The van der Waals surface area contributed by atoms with Crippen molar-refractivity contribution in [2.75, 3.05) is 11.5 Å². The van der Waals surface area contributed by atoms with Crippen LogP contribution in [0.5, 0.6) is 5.75 Å². The molecule has 1 unspecified atom stereocenters. The number of hydrogen-bond donors (Lipinski definition) is 1. The van der Waals surface area contributed by atoms with Gasteiger partial charge in [0, 0.05) is 15.6 Å². The van der Waals surface area contributed by atoms with Crippen LogP contribution in [0.15, 0.2) is 60.7 Å². The van der Waals surface area contributed by atoms with Gasteiger partial charge < -0.3 is 14.6 Å². The normalized spacial score (nSPS) is 16.6. The molecule has 1 N–H and O–H groups in total. The quantitative estimate of drug-likeness (QED) is 0.105. The van der Waals surface area contributed by atoms with Crippen LogP contribution < -0.4 is 9.64 Å². The number of anilines is 1. The molecule has 0 aliphatic carbocycles. The molecule has 1 aromatic heterocycles. The summed E-state index contributed by atoms with van der Waals surface area (Å²) in [7, 11) is 0. The van der Waals surface area contributed by atoms with Crippen molar-refractivity contribution in [3.8, 4) is 5.75 Å². The first-order valence-electron chi connectivity index (χ1n) is 11.8. The summed E-state index contributed by atoms with van der Waals surface area (Å²) in [5.74, 6) is -2.34. The largest absolute Gasteiger partial charge is 0.507 e. The smallest absolute Gasteiger partial charge is 0.350 e. The number of aryl methyl sites for hydroxylation is 1. The molecule has 1 saturated heterocycles. The third-order valence-electron chi connectivity index (χ3n) is 5.71. The molecule has 1 aliphatic rings. The number of amides is 1. The number of benzene rings is 2. The standard InChI is InChI=1S/C28H24Cl2N2O6S/c1-5-12-37-27(36)25-15(4)31-28(39-25)32-22(19-11-8-17(29)13-20(19)30)21(24(34)26(32)35)23(33)16-6-9-18(10-7-16)38-14(2)3/h5-11,13-14,22,33H,1,12H2,2-4H3/b23-21+. The monoisotopic (exact) mass is 586 g/mol. The molecule has 4 rings (SSSR count). The lowest BCUT2D eigenvalue weighted by molar-refractivity contribution is -0.132. The molecule has 202 valence electrons. The van der Waals surface area contributed by atoms with E-state index in [-0.39, 0.29) is 33.3 Å². The molecular formula is C28H24Cl2N2O6S. The van der Waals surface area contributed by atoms with Crippen LogP contribution in [0.3, 0.4) is 0 Å². The van der Waals surface area contributed by atoms with Crippen molar-refractivity contribution in [2.24, 2.45) is 0 Å². The fourth-order valence-electron chi connectivity index (χ4n) is 4.04. The van der Waals surface area contributed by atoms with E-state index in [1.54, 1.807) is 43.3 Å². The predicted octanol–water partition coefficient (Wildman–Crippen LogP) is 6.51. The van der Waals surface area contributed by atoms with E-state index in [1.807, 2.05) is 13.8 Å². The summed E-state index contributed by atoms with van der Waals surface area (Å²) in [6, 6.07) is 9.93. The minimum absolute atomic E-state index is 0.00258. The first kappa shape index (κ1) is 28.4. The number of rotatable bonds is 8. The van der Waals surface area contributed by atoms with E-state index >= 15 is 0 Å². The highest BCUT2D eigenvalue weighted by Crippen LogP contribution is 2.46. The molecule has 1 fully saturated rings. The number of hydrogen-bond acceptors (Lipinski definition) is 8. The van der Waals surface area contributed by atoms with Gasteiger partial charge in [-0.3, -0.25) is 14.5 Å². The van der Waals surface area contributed by atoms with Gasteiger partial charge in [0.05, 0.1) is 23.4 Å². The van der Waals surface area contributed by atoms with Crippen LogP contribution >= 0.6 is 34.5 Å². The maximum absolute atomic E-state index is 13.4. The Bertz CT molecular complexity index is 1500. The van der Waals surface area contributed by atoms with Gasteiger partial charge in [0.15, 0.2) is 5.13 Å². The zero-order chi connectivity index (χ0) is 28.4. The molecule has 11 heteroatoms. The Hall–Kier alpha value is -3.66. The second-order valence-corrected chi connectivity index (χ2v) is 10.6. The topological polar surface area (TPSA) is 106 Å². The summed E-state index contributed by atoms with van der Waals surface area (Å²) in [6.07, 6.45) is 1.38. The number of thiazole rings is 1. The number of nitrogens with zero attached hydrogens (tertiary/aromatic N) is 2. The maximum Gasteiger partial charge on any atom is 0.350 e. The van der Waals surface area contributed by atoms with Crippen LogP contribution in [0.2, 0.25) is 10.0 Å². The number of aliphatic hydroxyl groups is 1. The minimum atomic E-state index is -1.15. The fraction of sp³-hybridized carbons (Fsp3) is 0.214. The Labute approximate surface area is 239 Å². The number of carbonyl (C=O) groups is 3. The SMILES string of the molecule is C=CCOC(=O)c1sc(N2C(=O)C(=O)/C(=C(/O)c3ccc(OC(C)C)cc3)C2c2ccc(Cl)cc2Cl)nc1C. The molecule has 0 spiro atoms. The second-order valence-electron chi connectivity index (χ2n) is 8.82. The molecule has 2 aromatic carbocycles. The summed E-state index contributed by atoms with van der Waals surface area (Å²) in [6.45, 7) is 8.88. The molecule has 1 amide bonds. The number of esters is 1. The van der Waals surface area contributed by atoms with Crippen molar-refractivity contribution in [3.63, 3.8) is 0 Å². The van der Waals surface area contributed by atoms with Gasteiger partial charge in [0.25, 0.3) is 5.78 Å². The van der Waals surface area contributed by atoms with E-state index < -0.39 is 29.5 Å². The van der Waals surface area contributed by atoms with E-state index in [0.717, 1.165) is 16.2 Å². The molecule has 1 atom stereocenters. The van der Waals surface area contributed by atoms with Crippen molar-refractivity contribution < 1.29 is 29.0 Å². The molecule has 2 heterocycles. The van der Waals surface area contributed by atoms with Crippen LogP contribution in [-0.2, 0) is 14.3 Å². The number of ketones is 1. The third kappa shape index (κ3) is 5.71. The molecule has 8 nitrogen and oxygen atoms in total. The zero-order valence-electron chi connectivity index (χ0n) is 21.2. The Kier molecular flexibility index (Phi) is 8.44. The molecular weight excluding hydrogens is 563 g/mol. The highest BCUT2D eigenvalue weighted by Gasteiger charge is 2.49. The van der Waals surface area contributed by atoms with E-state index in [1.165, 1.54) is 12.1 Å². The first-order chi connectivity index (χ1) is 18.5. The van der Waals surface area contributed by atoms with E-state index in [9.17, 15) is 19.5 Å². The fourth-order valence-corrected chi connectivity index (χ4v) is 5.54. The first-order valence-corrected chi connectivity index (χ1v) is 13.4. The summed E-state index contributed by atoms with van der Waals surface area (Å²) in [5, 5.41) is 11.9. The van der Waals surface area contributed by atoms with Crippen LogP contribution in [0.1, 0.15) is 46.4 Å². The number of halogens is 2. The van der Waals surface area contributed by atoms with Gasteiger partial charge in [-0.15, -0.1) is 0 Å². The maximum atomic E-state index is 13.4. The van der Waals surface area contributed by atoms with Crippen LogP contribution in [0.4, 0.5) is 5.13 Å². The molecule has 0 radical (unpaired) electrons. The predicted molar refractivity (Wildman–Crippen MR) is 151 cm³/mol. The zero-order valence-corrected chi connectivity index (χ0v) is 23.6. The molecule has 3 aromatic rings. The van der Waals surface area contributed by atoms with Crippen molar-refractivity contribution in [1.82, 2.24) is 4.98 Å². The summed E-state index contributed by atoms with van der Waals surface area (Å²) < 4.78 is 10.8. The lowest BCUT2D eigenvalue weighted by Crippen LogP contribution is -2.29. The Balaban J connectivity index is 1.87. The lowest BCUT2D eigenvalue weighted by atomic mass is 9.95. The number of carbonyl (C=O) groups excluding carboxylic acids is 3. The van der Waals surface area contributed by atoms with Gasteiger partial charge in [-0.05, 0) is 62.7 Å². The van der Waals surface area contributed by atoms with Gasteiger partial charge in [-0.25, -0.2) is 9.78 Å². The van der Waals surface area contributed by atoms with Crippen LogP contribution in [0, 0.1) is 6.92 Å². The molecule has 0 saturated carbocycles. The van der Waals surface area contributed by atoms with E-state index in [4.69, 9.17) is 32.7 Å². The number of aliphatic hydroxyl groups excluding tert-OH is 1. The average molecular weight is 587 g/mol. The van der Waals surface area contributed by atoms with Gasteiger partial charge in [-0.1, -0.05) is 53.3 Å². The third-order valence-corrected chi connectivity index (χ3v) is 7.41. The Morgan fingerprint density at radius 3 is 2.51 bits per heavy atom. The Morgan fingerprint density at radius 1 is 1.21 bits per heavy atom. The van der Waals surface area contributed by atoms with Crippen LogP contribution in [-0.4, -0.2) is 40.5 Å². The van der Waals surface area contributed by atoms with Crippen molar-refractivity contribution in [2.45, 2.75) is 32.9 Å². The summed E-state index contributed by atoms with van der Waals surface area (Å²) in [5.41, 5.74) is 0.756. The van der Waals surface area contributed by atoms with Gasteiger partial charge in [0.2, 0.25) is 0 Å². The molecule has 1 aliphatic heterocycles. The average Bonchev–Trinajstić information content (AvgIpc) is 3.39. The second kappa shape index (κ2) is 11.6. The van der Waals surface area contributed by atoms with Gasteiger partial charge in [0.1, 0.15) is 23.0 Å². The van der Waals surface area contributed by atoms with Gasteiger partial charge >= 0.3 is 11.9 Å². The molecule has 0 bridgehead atoms. The van der Waals surface area contributed by atoms with Crippen molar-refractivity contribution in [1.29, 1.82) is 0 Å². The van der Waals surface area contributed by atoms with Crippen molar-refractivity contribution in [3.05, 3.63) is 92.4 Å². The van der Waals surface area contributed by atoms with Crippen molar-refractivity contribution >= 4 is 63.1 Å². The van der Waals surface area contributed by atoms with E-state index in [0.29, 0.717) is 27.6 Å². The van der Waals surface area contributed by atoms with Gasteiger partial charge in [-0.2, -0.15) is 0 Å². The molecule has 39 heavy (non-hydrogen) atoms. The minimum Gasteiger partial charge on any atom is -0.507 e. The summed E-state index contributed by atoms with van der Waals surface area (Å²) in [4.78, 5) is 45.1. The Morgan fingerprint density at radius 2 is 1.90 bits per heavy atom. The van der Waals surface area contributed by atoms with E-state index in [2.05, 4.69) is 11.6 Å². The highest BCUT2D eigenvalue weighted by molar-refractivity contribution is 7.17. The highest BCUT2D eigenvalue weighted by atomic mass is 35.5. The number of ether oxygens (including phenoxy) is 2. The summed E-state index contributed by atoms with van der Waals surface area (Å²) >= 11 is 13.5. The number of aromatic nitrogens is 1.